The number of carbonyl (C=O) groups excluding carboxylic acids is 1. The van der Waals surface area contributed by atoms with Gasteiger partial charge in [-0.15, -0.1) is 0 Å². The van der Waals surface area contributed by atoms with Gasteiger partial charge in [-0.1, -0.05) is 6.42 Å². The molecule has 26 heavy (non-hydrogen) atoms. The number of carbonyl (C=O) groups is 1. The van der Waals surface area contributed by atoms with E-state index in [0.29, 0.717) is 30.0 Å². The average molecular weight is 355 g/mol. The fourth-order valence-electron chi connectivity index (χ4n) is 3.56. The van der Waals surface area contributed by atoms with E-state index in [4.69, 9.17) is 4.74 Å². The molecule has 2 fully saturated rings. The molecule has 0 atom stereocenters. The zero-order valence-corrected chi connectivity index (χ0v) is 15.2. The third-order valence-corrected chi connectivity index (χ3v) is 5.49. The molecule has 1 saturated carbocycles. The van der Waals surface area contributed by atoms with Gasteiger partial charge in [0.15, 0.2) is 0 Å². The minimum Gasteiger partial charge on any atom is -0.477 e. The van der Waals surface area contributed by atoms with Gasteiger partial charge in [0.25, 0.3) is 5.91 Å². The molecular weight excluding hydrogens is 330 g/mol. The SMILES string of the molecule is Cn1ccc(C(=O)N2CCC(COc3cc(C4CCC4)ncn3)CC2)n1. The van der Waals surface area contributed by atoms with Crippen LogP contribution in [0.15, 0.2) is 24.7 Å². The van der Waals surface area contributed by atoms with Crippen molar-refractivity contribution in [1.82, 2.24) is 24.6 Å². The largest absolute Gasteiger partial charge is 0.477 e. The van der Waals surface area contributed by atoms with Gasteiger partial charge in [-0.25, -0.2) is 9.97 Å². The van der Waals surface area contributed by atoms with Crippen LogP contribution in [0.1, 0.15) is 54.2 Å². The molecule has 2 aromatic heterocycles. The lowest BCUT2D eigenvalue weighted by atomic mass is 9.83. The highest BCUT2D eigenvalue weighted by Crippen LogP contribution is 2.35. The van der Waals surface area contributed by atoms with Crippen LogP contribution in [-0.2, 0) is 7.05 Å². The molecule has 138 valence electrons. The summed E-state index contributed by atoms with van der Waals surface area (Å²) in [6, 6.07) is 3.76. The van der Waals surface area contributed by atoms with E-state index in [-0.39, 0.29) is 5.91 Å². The Morgan fingerprint density at radius 2 is 2.04 bits per heavy atom. The van der Waals surface area contributed by atoms with Crippen molar-refractivity contribution < 1.29 is 9.53 Å². The van der Waals surface area contributed by atoms with E-state index in [1.165, 1.54) is 19.3 Å². The van der Waals surface area contributed by atoms with Gasteiger partial charge in [-0.2, -0.15) is 5.10 Å². The van der Waals surface area contributed by atoms with E-state index < -0.39 is 0 Å². The highest BCUT2D eigenvalue weighted by molar-refractivity contribution is 5.92. The fraction of sp³-hybridized carbons (Fsp3) is 0.579. The van der Waals surface area contributed by atoms with Crippen LogP contribution in [0.2, 0.25) is 0 Å². The molecule has 3 heterocycles. The Kier molecular flexibility index (Phi) is 4.86. The number of rotatable bonds is 5. The Morgan fingerprint density at radius 1 is 1.23 bits per heavy atom. The Morgan fingerprint density at radius 3 is 2.69 bits per heavy atom. The van der Waals surface area contributed by atoms with Gasteiger partial charge in [-0.05, 0) is 37.7 Å². The molecular formula is C19H25N5O2. The molecule has 7 nitrogen and oxygen atoms in total. The topological polar surface area (TPSA) is 73.1 Å². The van der Waals surface area contributed by atoms with E-state index in [2.05, 4.69) is 15.1 Å². The minimum absolute atomic E-state index is 0.0194. The predicted octanol–water partition coefficient (Wildman–Crippen LogP) is 2.41. The number of likely N-dealkylation sites (tertiary alicyclic amines) is 1. The second kappa shape index (κ2) is 7.43. The van der Waals surface area contributed by atoms with Gasteiger partial charge < -0.3 is 9.64 Å². The van der Waals surface area contributed by atoms with Crippen LogP contribution in [-0.4, -0.2) is 50.3 Å². The number of hydrogen-bond donors (Lipinski definition) is 0. The molecule has 0 unspecified atom stereocenters. The molecule has 0 N–H and O–H groups in total. The normalized spacial score (nSPS) is 18.6. The lowest BCUT2D eigenvalue weighted by molar-refractivity contribution is 0.0652. The first-order chi connectivity index (χ1) is 12.7. The standard InChI is InChI=1S/C19H25N5O2/c1-23-8-7-16(22-23)19(25)24-9-5-14(6-10-24)12-26-18-11-17(20-13-21-18)15-3-2-4-15/h7-8,11,13-15H,2-6,9-10,12H2,1H3. The smallest absolute Gasteiger partial charge is 0.274 e. The number of amides is 1. The van der Waals surface area contributed by atoms with Crippen LogP contribution in [0.5, 0.6) is 5.88 Å². The van der Waals surface area contributed by atoms with Crippen molar-refractivity contribution >= 4 is 5.91 Å². The zero-order valence-electron chi connectivity index (χ0n) is 15.2. The molecule has 7 heteroatoms. The Labute approximate surface area is 153 Å². The summed E-state index contributed by atoms with van der Waals surface area (Å²) < 4.78 is 7.58. The van der Waals surface area contributed by atoms with Crippen molar-refractivity contribution in [3.8, 4) is 5.88 Å². The van der Waals surface area contributed by atoms with E-state index in [9.17, 15) is 4.79 Å². The second-order valence-corrected chi connectivity index (χ2v) is 7.33. The first kappa shape index (κ1) is 17.0. The maximum atomic E-state index is 12.4. The first-order valence-electron chi connectivity index (χ1n) is 9.42. The Bertz CT molecular complexity index is 763. The lowest BCUT2D eigenvalue weighted by Gasteiger charge is -2.31. The minimum atomic E-state index is 0.0194. The predicted molar refractivity (Wildman–Crippen MR) is 96.0 cm³/mol. The van der Waals surface area contributed by atoms with E-state index >= 15 is 0 Å². The van der Waals surface area contributed by atoms with Crippen LogP contribution in [0, 0.1) is 5.92 Å². The quantitative estimate of drug-likeness (QED) is 0.823. The van der Waals surface area contributed by atoms with Gasteiger partial charge in [0.1, 0.15) is 12.0 Å². The first-order valence-corrected chi connectivity index (χ1v) is 9.42. The van der Waals surface area contributed by atoms with Crippen molar-refractivity contribution in [3.05, 3.63) is 36.0 Å². The number of ether oxygens (including phenoxy) is 1. The van der Waals surface area contributed by atoms with E-state index in [0.717, 1.165) is 31.6 Å². The van der Waals surface area contributed by atoms with Crippen molar-refractivity contribution in [1.29, 1.82) is 0 Å². The molecule has 2 aliphatic rings. The van der Waals surface area contributed by atoms with Crippen LogP contribution < -0.4 is 4.74 Å². The number of piperidine rings is 1. The van der Waals surface area contributed by atoms with Crippen molar-refractivity contribution in [2.45, 2.75) is 38.0 Å². The highest BCUT2D eigenvalue weighted by atomic mass is 16.5. The molecule has 1 saturated heterocycles. The number of hydrogen-bond acceptors (Lipinski definition) is 5. The summed E-state index contributed by atoms with van der Waals surface area (Å²) in [5.41, 5.74) is 1.63. The van der Waals surface area contributed by atoms with Gasteiger partial charge in [-0.3, -0.25) is 9.48 Å². The third-order valence-electron chi connectivity index (χ3n) is 5.49. The second-order valence-electron chi connectivity index (χ2n) is 7.33. The summed E-state index contributed by atoms with van der Waals surface area (Å²) in [5.74, 6) is 1.73. The van der Waals surface area contributed by atoms with E-state index in [1.54, 1.807) is 23.3 Å². The maximum absolute atomic E-state index is 12.4. The average Bonchev–Trinajstić information content (AvgIpc) is 3.05. The van der Waals surface area contributed by atoms with Crippen LogP contribution in [0.3, 0.4) is 0 Å². The van der Waals surface area contributed by atoms with Crippen molar-refractivity contribution in [2.24, 2.45) is 13.0 Å². The van der Waals surface area contributed by atoms with Crippen molar-refractivity contribution in [3.63, 3.8) is 0 Å². The molecule has 2 aromatic rings. The van der Waals surface area contributed by atoms with Gasteiger partial charge in [0.05, 0.1) is 12.3 Å². The molecule has 0 spiro atoms. The summed E-state index contributed by atoms with van der Waals surface area (Å²) in [5, 5.41) is 4.20. The highest BCUT2D eigenvalue weighted by Gasteiger charge is 2.26. The van der Waals surface area contributed by atoms with Gasteiger partial charge >= 0.3 is 0 Å². The zero-order chi connectivity index (χ0) is 17.9. The molecule has 0 aromatic carbocycles. The molecule has 1 aliphatic heterocycles. The molecule has 1 aliphatic carbocycles. The summed E-state index contributed by atoms with van der Waals surface area (Å²) in [6.45, 7) is 2.15. The molecule has 0 bridgehead atoms. The third kappa shape index (κ3) is 3.71. The van der Waals surface area contributed by atoms with Crippen LogP contribution in [0.25, 0.3) is 0 Å². The number of nitrogens with zero attached hydrogens (tertiary/aromatic N) is 5. The molecule has 0 radical (unpaired) electrons. The summed E-state index contributed by atoms with van der Waals surface area (Å²) in [7, 11) is 1.82. The van der Waals surface area contributed by atoms with Gasteiger partial charge in [0, 0.05) is 38.3 Å². The maximum Gasteiger partial charge on any atom is 0.274 e. The van der Waals surface area contributed by atoms with Crippen LogP contribution in [0.4, 0.5) is 0 Å². The van der Waals surface area contributed by atoms with Crippen molar-refractivity contribution in [2.75, 3.05) is 19.7 Å². The lowest BCUT2D eigenvalue weighted by Crippen LogP contribution is -2.40. The molecule has 4 rings (SSSR count). The summed E-state index contributed by atoms with van der Waals surface area (Å²) >= 11 is 0. The monoisotopic (exact) mass is 355 g/mol. The number of aryl methyl sites for hydroxylation is 1. The van der Waals surface area contributed by atoms with Gasteiger partial charge in [0.2, 0.25) is 5.88 Å². The fourth-order valence-corrected chi connectivity index (χ4v) is 3.56. The summed E-state index contributed by atoms with van der Waals surface area (Å²) in [6.07, 6.45) is 9.03. The Balaban J connectivity index is 1.26. The number of aromatic nitrogens is 4. The van der Waals surface area contributed by atoms with E-state index in [1.807, 2.05) is 18.0 Å². The Hall–Kier alpha value is -2.44. The molecule has 1 amide bonds. The van der Waals surface area contributed by atoms with Crippen LogP contribution >= 0.6 is 0 Å². The summed E-state index contributed by atoms with van der Waals surface area (Å²) in [4.78, 5) is 22.9.